The first-order chi connectivity index (χ1) is 5.57. The van der Waals surface area contributed by atoms with Crippen molar-refractivity contribution in [1.82, 2.24) is 4.31 Å². The van der Waals surface area contributed by atoms with E-state index in [0.717, 1.165) is 12.0 Å². The molecule has 74 valence electrons. The van der Waals surface area contributed by atoms with Gasteiger partial charge in [-0.1, -0.05) is 38.6 Å². The van der Waals surface area contributed by atoms with Crippen LogP contribution in [0.1, 0.15) is 40.0 Å². The predicted octanol–water partition coefficient (Wildman–Crippen LogP) is 3.41. The molecule has 0 fully saturated rings. The maximum atomic E-state index is 2.33. The van der Waals surface area contributed by atoms with Crippen molar-refractivity contribution in [3.63, 3.8) is 0 Å². The Morgan fingerprint density at radius 2 is 1.75 bits per heavy atom. The van der Waals surface area contributed by atoms with E-state index < -0.39 is 0 Å². The van der Waals surface area contributed by atoms with Crippen LogP contribution in [-0.2, 0) is 0 Å². The standard InChI is InChI=1S/C10H23NS/c1-9(2)7-6-8-10(3)11(4)12-5/h9-10H,6-8H2,1-5H3. The third-order valence-electron chi connectivity index (χ3n) is 2.31. The third kappa shape index (κ3) is 5.90. The molecule has 0 heterocycles. The van der Waals surface area contributed by atoms with Gasteiger partial charge < -0.3 is 0 Å². The molecule has 0 aliphatic rings. The Bertz CT molecular complexity index is 104. The lowest BCUT2D eigenvalue weighted by molar-refractivity contribution is 0.386. The minimum atomic E-state index is 0.721. The van der Waals surface area contributed by atoms with Crippen molar-refractivity contribution in [1.29, 1.82) is 0 Å². The van der Waals surface area contributed by atoms with Gasteiger partial charge in [0.1, 0.15) is 0 Å². The second kappa shape index (κ2) is 6.79. The normalized spacial score (nSPS) is 14.2. The lowest BCUT2D eigenvalue weighted by atomic mass is 10.0. The van der Waals surface area contributed by atoms with Crippen LogP contribution in [-0.4, -0.2) is 23.7 Å². The van der Waals surface area contributed by atoms with E-state index in [9.17, 15) is 0 Å². The Morgan fingerprint density at radius 3 is 2.17 bits per heavy atom. The predicted molar refractivity (Wildman–Crippen MR) is 59.4 cm³/mol. The zero-order valence-electron chi connectivity index (χ0n) is 9.13. The topological polar surface area (TPSA) is 3.24 Å². The van der Waals surface area contributed by atoms with Crippen LogP contribution in [0.2, 0.25) is 0 Å². The van der Waals surface area contributed by atoms with E-state index in [1.54, 1.807) is 0 Å². The summed E-state index contributed by atoms with van der Waals surface area (Å²) in [6, 6.07) is 0.721. The second-order valence-electron chi connectivity index (χ2n) is 3.90. The lowest BCUT2D eigenvalue weighted by Gasteiger charge is -2.21. The molecule has 0 aromatic carbocycles. The number of rotatable bonds is 6. The molecule has 0 spiro atoms. The first-order valence-corrected chi connectivity index (χ1v) is 6.03. The van der Waals surface area contributed by atoms with E-state index in [2.05, 4.69) is 38.4 Å². The average Bonchev–Trinajstić information content (AvgIpc) is 2.02. The largest absolute Gasteiger partial charge is 0.251 e. The summed E-state index contributed by atoms with van der Waals surface area (Å²) < 4.78 is 2.33. The molecule has 0 bridgehead atoms. The minimum Gasteiger partial charge on any atom is -0.251 e. The van der Waals surface area contributed by atoms with Crippen LogP contribution in [0.5, 0.6) is 0 Å². The molecule has 0 aromatic rings. The average molecular weight is 189 g/mol. The van der Waals surface area contributed by atoms with Gasteiger partial charge in [0.05, 0.1) is 0 Å². The van der Waals surface area contributed by atoms with Gasteiger partial charge in [0.25, 0.3) is 0 Å². The van der Waals surface area contributed by atoms with Gasteiger partial charge in [-0.2, -0.15) is 0 Å². The first kappa shape index (κ1) is 12.3. The molecule has 0 amide bonds. The lowest BCUT2D eigenvalue weighted by Crippen LogP contribution is -2.21. The summed E-state index contributed by atoms with van der Waals surface area (Å²) in [6.45, 7) is 6.89. The molecule has 0 aromatic heterocycles. The van der Waals surface area contributed by atoms with E-state index in [-0.39, 0.29) is 0 Å². The molecule has 12 heavy (non-hydrogen) atoms. The Balaban J connectivity index is 3.37. The highest BCUT2D eigenvalue weighted by atomic mass is 32.2. The molecule has 0 aliphatic heterocycles. The number of nitrogens with zero attached hydrogens (tertiary/aromatic N) is 1. The van der Waals surface area contributed by atoms with E-state index in [0.29, 0.717) is 0 Å². The van der Waals surface area contributed by atoms with E-state index >= 15 is 0 Å². The van der Waals surface area contributed by atoms with Crippen molar-refractivity contribution in [2.75, 3.05) is 13.3 Å². The summed E-state index contributed by atoms with van der Waals surface area (Å²) >= 11 is 1.83. The molecule has 1 nitrogen and oxygen atoms in total. The highest BCUT2D eigenvalue weighted by molar-refractivity contribution is 7.96. The van der Waals surface area contributed by atoms with Crippen molar-refractivity contribution in [2.45, 2.75) is 46.1 Å². The summed E-state index contributed by atoms with van der Waals surface area (Å²) in [5.41, 5.74) is 0. The van der Waals surface area contributed by atoms with Gasteiger partial charge in [0.2, 0.25) is 0 Å². The Hall–Kier alpha value is 0.310. The van der Waals surface area contributed by atoms with Crippen molar-refractivity contribution in [2.24, 2.45) is 5.92 Å². The molecule has 0 saturated carbocycles. The molecule has 0 rings (SSSR count). The van der Waals surface area contributed by atoms with Gasteiger partial charge in [-0.3, -0.25) is 4.31 Å². The molecule has 1 unspecified atom stereocenters. The third-order valence-corrected chi connectivity index (χ3v) is 3.25. The fourth-order valence-electron chi connectivity index (χ4n) is 1.18. The monoisotopic (exact) mass is 189 g/mol. The summed E-state index contributed by atoms with van der Waals surface area (Å²) in [5.74, 6) is 0.858. The van der Waals surface area contributed by atoms with Crippen LogP contribution in [0.3, 0.4) is 0 Å². The SMILES string of the molecule is CSN(C)C(C)CCCC(C)C. The molecule has 0 radical (unpaired) electrons. The van der Waals surface area contributed by atoms with Crippen LogP contribution in [0.15, 0.2) is 0 Å². The highest BCUT2D eigenvalue weighted by Gasteiger charge is 2.07. The molecular weight excluding hydrogens is 166 g/mol. The Kier molecular flexibility index (Phi) is 6.96. The minimum absolute atomic E-state index is 0.721. The van der Waals surface area contributed by atoms with E-state index in [4.69, 9.17) is 0 Å². The number of hydrogen-bond donors (Lipinski definition) is 0. The molecule has 0 aliphatic carbocycles. The van der Waals surface area contributed by atoms with Crippen LogP contribution in [0.25, 0.3) is 0 Å². The van der Waals surface area contributed by atoms with Crippen molar-refractivity contribution < 1.29 is 0 Å². The highest BCUT2D eigenvalue weighted by Crippen LogP contribution is 2.15. The summed E-state index contributed by atoms with van der Waals surface area (Å²) in [6.07, 6.45) is 6.20. The van der Waals surface area contributed by atoms with Gasteiger partial charge in [-0.25, -0.2) is 0 Å². The molecule has 0 N–H and O–H groups in total. The molecule has 0 saturated heterocycles. The van der Waals surface area contributed by atoms with Gasteiger partial charge >= 0.3 is 0 Å². The first-order valence-electron chi connectivity index (χ1n) is 4.84. The fraction of sp³-hybridized carbons (Fsp3) is 1.00. The molecular formula is C10H23NS. The van der Waals surface area contributed by atoms with Crippen molar-refractivity contribution >= 4 is 11.9 Å². The second-order valence-corrected chi connectivity index (χ2v) is 4.84. The maximum Gasteiger partial charge on any atom is 0.0171 e. The number of hydrogen-bond acceptors (Lipinski definition) is 2. The van der Waals surface area contributed by atoms with Crippen molar-refractivity contribution in [3.05, 3.63) is 0 Å². The zero-order chi connectivity index (χ0) is 9.56. The van der Waals surface area contributed by atoms with Gasteiger partial charge in [0, 0.05) is 6.04 Å². The zero-order valence-corrected chi connectivity index (χ0v) is 9.95. The summed E-state index contributed by atoms with van der Waals surface area (Å²) in [5, 5.41) is 0. The van der Waals surface area contributed by atoms with Gasteiger partial charge in [-0.05, 0) is 32.6 Å². The van der Waals surface area contributed by atoms with E-state index in [1.165, 1.54) is 19.3 Å². The van der Waals surface area contributed by atoms with Crippen molar-refractivity contribution in [3.8, 4) is 0 Å². The van der Waals surface area contributed by atoms with Gasteiger partial charge in [-0.15, -0.1) is 0 Å². The van der Waals surface area contributed by atoms with Crippen LogP contribution in [0.4, 0.5) is 0 Å². The van der Waals surface area contributed by atoms with Crippen LogP contribution < -0.4 is 0 Å². The molecule has 1 atom stereocenters. The van der Waals surface area contributed by atoms with Crippen LogP contribution in [0, 0.1) is 5.92 Å². The fourth-order valence-corrected chi connectivity index (χ4v) is 1.65. The van der Waals surface area contributed by atoms with Gasteiger partial charge in [0.15, 0.2) is 0 Å². The smallest absolute Gasteiger partial charge is 0.0171 e. The van der Waals surface area contributed by atoms with Crippen LogP contribution >= 0.6 is 11.9 Å². The quantitative estimate of drug-likeness (QED) is 0.589. The summed E-state index contributed by atoms with van der Waals surface area (Å²) in [7, 11) is 2.17. The molecule has 2 heteroatoms. The maximum absolute atomic E-state index is 2.33. The summed E-state index contributed by atoms with van der Waals surface area (Å²) in [4.78, 5) is 0. The van der Waals surface area contributed by atoms with E-state index in [1.807, 2.05) is 11.9 Å². The Morgan fingerprint density at radius 1 is 1.17 bits per heavy atom. The Labute approximate surface area is 82.0 Å².